The lowest BCUT2D eigenvalue weighted by molar-refractivity contribution is -0.384. The van der Waals surface area contributed by atoms with Crippen LogP contribution >= 0.6 is 0 Å². The Labute approximate surface area is 113 Å². The van der Waals surface area contributed by atoms with Crippen LogP contribution in [0.1, 0.15) is 19.4 Å². The summed E-state index contributed by atoms with van der Waals surface area (Å²) in [5, 5.41) is 19.4. The van der Waals surface area contributed by atoms with Gasteiger partial charge in [-0.3, -0.25) is 10.1 Å². The number of nitro groups is 1. The molecule has 0 aliphatic rings. The van der Waals surface area contributed by atoms with Crippen molar-refractivity contribution < 1.29 is 4.92 Å². The van der Waals surface area contributed by atoms with Crippen LogP contribution in [0.15, 0.2) is 24.3 Å². The summed E-state index contributed by atoms with van der Waals surface area (Å²) in [7, 11) is 0. The first-order valence-electron chi connectivity index (χ1n) is 6.42. The summed E-state index contributed by atoms with van der Waals surface area (Å²) in [5.41, 5.74) is 1.20. The van der Waals surface area contributed by atoms with Gasteiger partial charge in [-0.05, 0) is 25.5 Å². The Kier molecular flexibility index (Phi) is 5.97. The van der Waals surface area contributed by atoms with E-state index >= 15 is 0 Å². The average molecular weight is 261 g/mol. The largest absolute Gasteiger partial charge is 0.302 e. The first kappa shape index (κ1) is 15.1. The number of rotatable bonds is 7. The maximum Gasteiger partial charge on any atom is 0.269 e. The van der Waals surface area contributed by atoms with E-state index in [-0.39, 0.29) is 11.6 Å². The third-order valence-corrected chi connectivity index (χ3v) is 3.06. The van der Waals surface area contributed by atoms with Gasteiger partial charge in [0.1, 0.15) is 0 Å². The van der Waals surface area contributed by atoms with Gasteiger partial charge < -0.3 is 4.90 Å². The third kappa shape index (κ3) is 5.06. The van der Waals surface area contributed by atoms with Crippen molar-refractivity contribution >= 4 is 5.69 Å². The van der Waals surface area contributed by atoms with Crippen molar-refractivity contribution in [2.75, 3.05) is 19.6 Å². The lowest BCUT2D eigenvalue weighted by Crippen LogP contribution is -2.30. The van der Waals surface area contributed by atoms with Gasteiger partial charge in [0.2, 0.25) is 0 Å². The zero-order valence-electron chi connectivity index (χ0n) is 11.4. The van der Waals surface area contributed by atoms with Crippen LogP contribution in [0.2, 0.25) is 0 Å². The fraction of sp³-hybridized carbons (Fsp3) is 0.500. The van der Waals surface area contributed by atoms with Crippen molar-refractivity contribution in [3.05, 3.63) is 39.9 Å². The van der Waals surface area contributed by atoms with Crippen molar-refractivity contribution in [3.8, 4) is 6.07 Å². The topological polar surface area (TPSA) is 70.2 Å². The molecule has 0 saturated heterocycles. The van der Waals surface area contributed by atoms with Crippen LogP contribution in [0.25, 0.3) is 0 Å². The van der Waals surface area contributed by atoms with E-state index in [2.05, 4.69) is 17.9 Å². The SMILES string of the molecule is CCN(CCc1ccc([N+](=O)[O-])cc1)CC(C)C#N. The second-order valence-electron chi connectivity index (χ2n) is 4.60. The highest BCUT2D eigenvalue weighted by Crippen LogP contribution is 2.12. The number of hydrogen-bond acceptors (Lipinski definition) is 4. The number of nitriles is 1. The first-order valence-corrected chi connectivity index (χ1v) is 6.42. The summed E-state index contributed by atoms with van der Waals surface area (Å²) in [6, 6.07) is 8.88. The van der Waals surface area contributed by atoms with E-state index in [9.17, 15) is 10.1 Å². The van der Waals surface area contributed by atoms with Gasteiger partial charge in [-0.1, -0.05) is 19.1 Å². The number of hydrogen-bond donors (Lipinski definition) is 0. The van der Waals surface area contributed by atoms with Gasteiger partial charge in [0.15, 0.2) is 0 Å². The van der Waals surface area contributed by atoms with Crippen LogP contribution in [0.4, 0.5) is 5.69 Å². The Morgan fingerprint density at radius 3 is 2.53 bits per heavy atom. The van der Waals surface area contributed by atoms with E-state index in [0.717, 1.165) is 31.6 Å². The van der Waals surface area contributed by atoms with Crippen LogP contribution in [0, 0.1) is 27.4 Å². The van der Waals surface area contributed by atoms with E-state index in [1.165, 1.54) is 12.1 Å². The molecule has 1 atom stereocenters. The molecule has 5 heteroatoms. The molecule has 0 amide bonds. The smallest absolute Gasteiger partial charge is 0.269 e. The van der Waals surface area contributed by atoms with E-state index in [0.29, 0.717) is 0 Å². The molecule has 102 valence electrons. The predicted octanol–water partition coefficient (Wildman–Crippen LogP) is 2.62. The molecule has 0 aliphatic heterocycles. The zero-order valence-corrected chi connectivity index (χ0v) is 11.4. The lowest BCUT2D eigenvalue weighted by atomic mass is 10.1. The fourth-order valence-corrected chi connectivity index (χ4v) is 1.88. The standard InChI is InChI=1S/C14H19N3O2/c1-3-16(11-12(2)10-15)9-8-13-4-6-14(7-5-13)17(18)19/h4-7,12H,3,8-9,11H2,1-2H3. The molecule has 1 rings (SSSR count). The summed E-state index contributed by atoms with van der Waals surface area (Å²) < 4.78 is 0. The predicted molar refractivity (Wildman–Crippen MR) is 73.7 cm³/mol. The summed E-state index contributed by atoms with van der Waals surface area (Å²) in [5.74, 6) is 0.0248. The Bertz CT molecular complexity index is 451. The first-order chi connectivity index (χ1) is 9.06. The Balaban J connectivity index is 2.51. The van der Waals surface area contributed by atoms with E-state index in [1.807, 2.05) is 6.92 Å². The number of benzene rings is 1. The lowest BCUT2D eigenvalue weighted by Gasteiger charge is -2.21. The van der Waals surface area contributed by atoms with Crippen molar-refractivity contribution in [2.24, 2.45) is 5.92 Å². The normalized spacial score (nSPS) is 12.1. The van der Waals surface area contributed by atoms with E-state index in [1.54, 1.807) is 12.1 Å². The average Bonchev–Trinajstić information content (AvgIpc) is 2.43. The van der Waals surface area contributed by atoms with Crippen molar-refractivity contribution in [1.82, 2.24) is 4.90 Å². The van der Waals surface area contributed by atoms with Gasteiger partial charge in [0.05, 0.1) is 16.9 Å². The quantitative estimate of drug-likeness (QED) is 0.558. The molecular formula is C14H19N3O2. The molecule has 1 aromatic carbocycles. The second kappa shape index (κ2) is 7.49. The molecule has 0 aliphatic carbocycles. The number of nitro benzene ring substituents is 1. The third-order valence-electron chi connectivity index (χ3n) is 3.06. The number of nitrogens with zero attached hydrogens (tertiary/aromatic N) is 3. The van der Waals surface area contributed by atoms with E-state index in [4.69, 9.17) is 5.26 Å². The Hall–Kier alpha value is -1.93. The molecule has 0 aromatic heterocycles. The summed E-state index contributed by atoms with van der Waals surface area (Å²) in [6.45, 7) is 6.51. The Morgan fingerprint density at radius 1 is 1.42 bits per heavy atom. The highest BCUT2D eigenvalue weighted by Gasteiger charge is 2.09. The molecule has 0 saturated carbocycles. The molecule has 5 nitrogen and oxygen atoms in total. The molecule has 1 aromatic rings. The maximum atomic E-state index is 10.5. The Morgan fingerprint density at radius 2 is 2.05 bits per heavy atom. The minimum absolute atomic E-state index is 0.0248. The summed E-state index contributed by atoms with van der Waals surface area (Å²) in [6.07, 6.45) is 0.837. The molecule has 19 heavy (non-hydrogen) atoms. The number of non-ortho nitro benzene ring substituents is 1. The maximum absolute atomic E-state index is 10.5. The van der Waals surface area contributed by atoms with Gasteiger partial charge in [-0.15, -0.1) is 0 Å². The van der Waals surface area contributed by atoms with Crippen LogP contribution in [0.5, 0.6) is 0 Å². The molecular weight excluding hydrogens is 242 g/mol. The van der Waals surface area contributed by atoms with Crippen molar-refractivity contribution in [1.29, 1.82) is 5.26 Å². The van der Waals surface area contributed by atoms with Gasteiger partial charge >= 0.3 is 0 Å². The van der Waals surface area contributed by atoms with Crippen molar-refractivity contribution in [3.63, 3.8) is 0 Å². The summed E-state index contributed by atoms with van der Waals surface area (Å²) >= 11 is 0. The fourth-order valence-electron chi connectivity index (χ4n) is 1.88. The molecule has 1 unspecified atom stereocenters. The summed E-state index contributed by atoms with van der Waals surface area (Å²) in [4.78, 5) is 12.4. The van der Waals surface area contributed by atoms with Gasteiger partial charge in [-0.25, -0.2) is 0 Å². The highest BCUT2D eigenvalue weighted by atomic mass is 16.6. The van der Waals surface area contributed by atoms with E-state index < -0.39 is 4.92 Å². The molecule has 0 fully saturated rings. The molecule has 0 bridgehead atoms. The van der Waals surface area contributed by atoms with Crippen LogP contribution < -0.4 is 0 Å². The van der Waals surface area contributed by atoms with Crippen LogP contribution in [-0.4, -0.2) is 29.5 Å². The van der Waals surface area contributed by atoms with Gasteiger partial charge in [0.25, 0.3) is 5.69 Å². The van der Waals surface area contributed by atoms with Gasteiger partial charge in [0, 0.05) is 25.2 Å². The van der Waals surface area contributed by atoms with Crippen LogP contribution in [-0.2, 0) is 6.42 Å². The second-order valence-corrected chi connectivity index (χ2v) is 4.60. The van der Waals surface area contributed by atoms with Crippen molar-refractivity contribution in [2.45, 2.75) is 20.3 Å². The monoisotopic (exact) mass is 261 g/mol. The molecule has 0 N–H and O–H groups in total. The zero-order chi connectivity index (χ0) is 14.3. The van der Waals surface area contributed by atoms with Gasteiger partial charge in [-0.2, -0.15) is 5.26 Å². The minimum atomic E-state index is -0.392. The molecule has 0 heterocycles. The minimum Gasteiger partial charge on any atom is -0.302 e. The number of likely N-dealkylation sites (N-methyl/N-ethyl adjacent to an activating group) is 1. The molecule has 0 radical (unpaired) electrons. The van der Waals surface area contributed by atoms with Crippen LogP contribution in [0.3, 0.4) is 0 Å². The highest BCUT2D eigenvalue weighted by molar-refractivity contribution is 5.32. The molecule has 0 spiro atoms.